The van der Waals surface area contributed by atoms with Gasteiger partial charge < -0.3 is 19.3 Å². The first-order chi connectivity index (χ1) is 21.4. The van der Waals surface area contributed by atoms with E-state index in [4.69, 9.17) is 4.74 Å². The zero-order chi connectivity index (χ0) is 30.8. The number of nitrogens with one attached hydrogen (secondary N) is 1. The summed E-state index contributed by atoms with van der Waals surface area (Å²) in [7, 11) is 5.49. The quantitative estimate of drug-likeness (QED) is 0.358. The van der Waals surface area contributed by atoms with Gasteiger partial charge in [0.2, 0.25) is 5.91 Å². The number of hydrogen-bond acceptors (Lipinski definition) is 7. The molecule has 2 N–H and O–H groups in total. The zero-order valence-electron chi connectivity index (χ0n) is 26.2. The van der Waals surface area contributed by atoms with Gasteiger partial charge in [-0.2, -0.15) is 0 Å². The number of rotatable bonds is 8. The van der Waals surface area contributed by atoms with Crippen LogP contribution in [0.3, 0.4) is 0 Å². The van der Waals surface area contributed by atoms with Crippen LogP contribution < -0.4 is 9.46 Å². The van der Waals surface area contributed by atoms with Crippen LogP contribution in [0.15, 0.2) is 36.4 Å². The molecule has 2 amide bonds. The number of aromatic nitrogens is 1. The number of methoxy groups -OCH3 is 1. The molecule has 1 atom stereocenters. The average molecular weight is 620 g/mol. The summed E-state index contributed by atoms with van der Waals surface area (Å²) in [5.41, 5.74) is 6.52. The number of carbonyl (C=O) groups is 2. The Labute approximate surface area is 264 Å². The molecule has 3 aromatic rings. The summed E-state index contributed by atoms with van der Waals surface area (Å²) in [6.45, 7) is 4.22. The third-order valence-corrected chi connectivity index (χ3v) is 10.2. The van der Waals surface area contributed by atoms with E-state index in [-0.39, 0.29) is 24.3 Å². The summed E-state index contributed by atoms with van der Waals surface area (Å²) in [5, 5.41) is 10.6. The molecule has 236 valence electrons. The molecule has 1 unspecified atom stereocenters. The summed E-state index contributed by atoms with van der Waals surface area (Å²) in [5.74, 6) is 1.03. The summed E-state index contributed by atoms with van der Waals surface area (Å²) in [6, 6.07) is 12.4. The molecule has 6 rings (SSSR count). The van der Waals surface area contributed by atoms with Gasteiger partial charge in [-0.15, -0.1) is 0 Å². The molecule has 2 fully saturated rings. The van der Waals surface area contributed by atoms with E-state index in [1.54, 1.807) is 7.11 Å². The molecule has 3 aliphatic rings. The van der Waals surface area contributed by atoms with Crippen LogP contribution in [-0.4, -0.2) is 96.1 Å². The van der Waals surface area contributed by atoms with E-state index in [1.807, 2.05) is 41.5 Å². The molecule has 2 aliphatic heterocycles. The van der Waals surface area contributed by atoms with Crippen molar-refractivity contribution in [2.75, 3.05) is 60.5 Å². The van der Waals surface area contributed by atoms with Crippen LogP contribution in [-0.2, 0) is 17.8 Å². The molecule has 0 radical (unpaired) electrons. The molecule has 1 aliphatic carbocycles. The lowest BCUT2D eigenvalue weighted by molar-refractivity contribution is -0.137. The maximum atomic E-state index is 14.3. The highest BCUT2D eigenvalue weighted by atomic mass is 32.2. The van der Waals surface area contributed by atoms with Crippen LogP contribution in [0.25, 0.3) is 22.2 Å². The highest BCUT2D eigenvalue weighted by Crippen LogP contribution is 2.47. The molecular formula is C34H45N5O4S. The van der Waals surface area contributed by atoms with Gasteiger partial charge in [-0.1, -0.05) is 25.3 Å². The Morgan fingerprint density at radius 2 is 1.82 bits per heavy atom. The number of carbonyl (C=O) groups excluding carboxylic acids is 2. The zero-order valence-corrected chi connectivity index (χ0v) is 27.0. The first-order valence-electron chi connectivity index (χ1n) is 16.0. The molecule has 10 heteroatoms. The second kappa shape index (κ2) is 13.5. The predicted molar refractivity (Wildman–Crippen MR) is 176 cm³/mol. The maximum absolute atomic E-state index is 14.3. The smallest absolute Gasteiger partial charge is 0.262 e. The number of nitrogens with zero attached hydrogens (tertiary/aromatic N) is 4. The predicted octanol–water partition coefficient (Wildman–Crippen LogP) is 4.53. The normalized spacial score (nSPS) is 19.5. The van der Waals surface area contributed by atoms with Gasteiger partial charge in [0.05, 0.1) is 25.3 Å². The van der Waals surface area contributed by atoms with Crippen molar-refractivity contribution in [1.82, 2.24) is 23.4 Å². The highest BCUT2D eigenvalue weighted by Gasteiger charge is 2.35. The third kappa shape index (κ3) is 6.22. The Morgan fingerprint density at radius 1 is 1.05 bits per heavy atom. The van der Waals surface area contributed by atoms with Gasteiger partial charge in [0.25, 0.3) is 5.91 Å². The van der Waals surface area contributed by atoms with Gasteiger partial charge in [-0.05, 0) is 80.7 Å². The summed E-state index contributed by atoms with van der Waals surface area (Å²) in [6.07, 6.45) is 6.65. The van der Waals surface area contributed by atoms with Crippen LogP contribution in [0.1, 0.15) is 59.5 Å². The molecular weight excluding hydrogens is 574 g/mol. The van der Waals surface area contributed by atoms with Crippen LogP contribution in [0.5, 0.6) is 5.75 Å². The lowest BCUT2D eigenvalue weighted by atomic mass is 9.81. The first-order valence-corrected chi connectivity index (χ1v) is 16.7. The van der Waals surface area contributed by atoms with Crippen molar-refractivity contribution in [3.8, 4) is 17.0 Å². The minimum Gasteiger partial charge on any atom is -0.497 e. The minimum atomic E-state index is -0.247. The Kier molecular flexibility index (Phi) is 9.51. The summed E-state index contributed by atoms with van der Waals surface area (Å²) < 4.78 is 12.8. The largest absolute Gasteiger partial charge is 0.497 e. The van der Waals surface area contributed by atoms with E-state index in [2.05, 4.69) is 32.4 Å². The Balaban J connectivity index is 1.47. The van der Waals surface area contributed by atoms with Crippen molar-refractivity contribution in [3.05, 3.63) is 53.1 Å². The first kappa shape index (κ1) is 31.0. The van der Waals surface area contributed by atoms with Crippen molar-refractivity contribution in [3.63, 3.8) is 0 Å². The lowest BCUT2D eigenvalue weighted by Gasteiger charge is -2.36. The number of aliphatic hydroxyl groups excluding tert-OH is 1. The van der Waals surface area contributed by atoms with E-state index < -0.39 is 0 Å². The maximum Gasteiger partial charge on any atom is 0.262 e. The van der Waals surface area contributed by atoms with Gasteiger partial charge in [0.1, 0.15) is 5.75 Å². The molecule has 1 saturated carbocycles. The third-order valence-electron chi connectivity index (χ3n) is 9.59. The van der Waals surface area contributed by atoms with Crippen molar-refractivity contribution in [1.29, 1.82) is 0 Å². The van der Waals surface area contributed by atoms with Crippen molar-refractivity contribution in [2.24, 2.45) is 5.92 Å². The van der Waals surface area contributed by atoms with Gasteiger partial charge in [0, 0.05) is 73.4 Å². The minimum absolute atomic E-state index is 0.132. The molecule has 0 spiro atoms. The molecule has 9 nitrogen and oxygen atoms in total. The van der Waals surface area contributed by atoms with Crippen LogP contribution >= 0.6 is 12.1 Å². The number of piperazine rings is 1. The monoisotopic (exact) mass is 619 g/mol. The molecule has 1 saturated heterocycles. The van der Waals surface area contributed by atoms with Crippen LogP contribution in [0.4, 0.5) is 0 Å². The van der Waals surface area contributed by atoms with Gasteiger partial charge in [-0.25, -0.2) is 4.31 Å². The summed E-state index contributed by atoms with van der Waals surface area (Å²) in [4.78, 5) is 31.7. The number of fused-ring (bicyclic) bond motifs is 5. The van der Waals surface area contributed by atoms with Gasteiger partial charge >= 0.3 is 0 Å². The number of ether oxygens (including phenoxy) is 1. The fraction of sp³-hybridized carbons (Fsp3) is 0.529. The molecule has 44 heavy (non-hydrogen) atoms. The van der Waals surface area contributed by atoms with Crippen molar-refractivity contribution in [2.45, 2.75) is 51.0 Å². The molecule has 1 aromatic heterocycles. The SMILES string of the molecule is COc1ccc2c(c1)CC(C(=O)N1CCN(CCO)CC1)Cn1c-2c(C2CCCCC2)c2ccc(C(=O)NSN(C)C)cc21. The van der Waals surface area contributed by atoms with Gasteiger partial charge in [-0.3, -0.25) is 19.2 Å². The van der Waals surface area contributed by atoms with E-state index in [9.17, 15) is 14.7 Å². The van der Waals surface area contributed by atoms with E-state index in [0.29, 0.717) is 44.1 Å². The van der Waals surface area contributed by atoms with Crippen LogP contribution in [0.2, 0.25) is 0 Å². The van der Waals surface area contributed by atoms with E-state index >= 15 is 0 Å². The topological polar surface area (TPSA) is 90.3 Å². The van der Waals surface area contributed by atoms with E-state index in [1.165, 1.54) is 53.6 Å². The Hall–Kier alpha value is -3.05. The van der Waals surface area contributed by atoms with Crippen LogP contribution in [0, 0.1) is 5.92 Å². The average Bonchev–Trinajstić information content (AvgIpc) is 3.26. The molecule has 3 heterocycles. The summed E-state index contributed by atoms with van der Waals surface area (Å²) >= 11 is 1.26. The fourth-order valence-electron chi connectivity index (χ4n) is 7.40. The number of benzene rings is 2. The van der Waals surface area contributed by atoms with Crippen molar-refractivity contribution >= 4 is 34.9 Å². The Bertz CT molecular complexity index is 1510. The van der Waals surface area contributed by atoms with E-state index in [0.717, 1.165) is 42.8 Å². The second-order valence-corrected chi connectivity index (χ2v) is 13.7. The fourth-order valence-corrected chi connectivity index (χ4v) is 7.78. The lowest BCUT2D eigenvalue weighted by Crippen LogP contribution is -2.51. The standard InChI is InChI=1S/C34H45N5O4S/c1-36(2)44-35-33(41)24-9-11-29-30(21-24)39-22-26(34(42)38-15-13-37(14-16-38)17-18-40)19-25-20-27(43-3)10-12-28(25)32(39)31(29)23-7-5-4-6-8-23/h9-12,20-21,23,26,40H,4-8,13-19,22H2,1-3H3,(H,35,41). The van der Waals surface area contributed by atoms with Gasteiger partial charge in [0.15, 0.2) is 0 Å². The number of aliphatic hydroxyl groups is 1. The molecule has 0 bridgehead atoms. The number of amides is 2. The second-order valence-electron chi connectivity index (χ2n) is 12.6. The molecule has 2 aromatic carbocycles. The van der Waals surface area contributed by atoms with Crippen molar-refractivity contribution < 1.29 is 19.4 Å². The highest BCUT2D eigenvalue weighted by molar-refractivity contribution is 7.95. The Morgan fingerprint density at radius 3 is 2.52 bits per heavy atom. The number of hydrogen-bond donors (Lipinski definition) is 2. The number of β-amino-alcohol motifs (C(OH)–C–C–N with tert-alkyl or cyclic N) is 1.